The van der Waals surface area contributed by atoms with Crippen molar-refractivity contribution in [1.82, 2.24) is 5.32 Å². The molecular weight excluding hydrogens is 274 g/mol. The van der Waals surface area contributed by atoms with Gasteiger partial charge in [-0.1, -0.05) is 19.8 Å². The van der Waals surface area contributed by atoms with Gasteiger partial charge < -0.3 is 10.4 Å². The summed E-state index contributed by atoms with van der Waals surface area (Å²) >= 11 is 1.49. The molecule has 1 heterocycles. The second kappa shape index (κ2) is 8.74. The van der Waals surface area contributed by atoms with Gasteiger partial charge in [-0.25, -0.2) is 0 Å². The Bertz CT molecular complexity index is 442. The van der Waals surface area contributed by atoms with E-state index in [1.165, 1.54) is 11.3 Å². The van der Waals surface area contributed by atoms with Gasteiger partial charge in [-0.2, -0.15) is 0 Å². The van der Waals surface area contributed by atoms with Crippen LogP contribution in [0.25, 0.3) is 0 Å². The Hall–Kier alpha value is -1.36. The van der Waals surface area contributed by atoms with E-state index in [2.05, 4.69) is 12.2 Å². The van der Waals surface area contributed by atoms with Crippen molar-refractivity contribution in [2.24, 2.45) is 5.92 Å². The van der Waals surface area contributed by atoms with Crippen LogP contribution in [0.3, 0.4) is 0 Å². The molecule has 1 atom stereocenters. The summed E-state index contributed by atoms with van der Waals surface area (Å²) < 4.78 is 0. The lowest BCUT2D eigenvalue weighted by atomic mass is 9.94. The van der Waals surface area contributed by atoms with Crippen molar-refractivity contribution in [3.63, 3.8) is 0 Å². The summed E-state index contributed by atoms with van der Waals surface area (Å²) in [5, 5.41) is 11.6. The molecule has 0 spiro atoms. The number of hydrogen-bond acceptors (Lipinski definition) is 3. The van der Waals surface area contributed by atoms with Gasteiger partial charge >= 0.3 is 5.97 Å². The summed E-state index contributed by atoms with van der Waals surface area (Å²) in [5.74, 6) is -0.401. The summed E-state index contributed by atoms with van der Waals surface area (Å²) in [4.78, 5) is 24.3. The SMILES string of the molecule is CCCC(CCNC(=O)c1ccc(C)s1)CCC(=O)O. The lowest BCUT2D eigenvalue weighted by Gasteiger charge is -2.15. The van der Waals surface area contributed by atoms with Crippen molar-refractivity contribution in [2.45, 2.75) is 46.0 Å². The Kier molecular flexibility index (Phi) is 7.30. The Morgan fingerprint density at radius 2 is 2.05 bits per heavy atom. The summed E-state index contributed by atoms with van der Waals surface area (Å²) in [6.07, 6.45) is 3.81. The van der Waals surface area contributed by atoms with Crippen LogP contribution in [-0.4, -0.2) is 23.5 Å². The third-order valence-electron chi connectivity index (χ3n) is 3.27. The average molecular weight is 297 g/mol. The molecule has 1 aromatic rings. The zero-order valence-corrected chi connectivity index (χ0v) is 13.0. The number of rotatable bonds is 9. The van der Waals surface area contributed by atoms with Gasteiger partial charge in [0.15, 0.2) is 0 Å². The molecule has 0 bridgehead atoms. The predicted molar refractivity (Wildman–Crippen MR) is 81.3 cm³/mol. The van der Waals surface area contributed by atoms with Crippen molar-refractivity contribution in [3.8, 4) is 0 Å². The molecule has 2 N–H and O–H groups in total. The number of carbonyl (C=O) groups is 2. The highest BCUT2D eigenvalue weighted by atomic mass is 32.1. The van der Waals surface area contributed by atoms with Gasteiger partial charge in [0.1, 0.15) is 0 Å². The molecule has 0 aliphatic heterocycles. The summed E-state index contributed by atoms with van der Waals surface area (Å²) in [7, 11) is 0. The van der Waals surface area contributed by atoms with Crippen LogP contribution >= 0.6 is 11.3 Å². The zero-order valence-electron chi connectivity index (χ0n) is 12.1. The van der Waals surface area contributed by atoms with E-state index in [0.29, 0.717) is 18.9 Å². The molecule has 0 aliphatic rings. The fourth-order valence-electron chi connectivity index (χ4n) is 2.20. The van der Waals surface area contributed by atoms with E-state index in [1.54, 1.807) is 0 Å². The number of aliphatic carboxylic acids is 1. The van der Waals surface area contributed by atoms with Gasteiger partial charge in [-0.15, -0.1) is 11.3 Å². The quantitative estimate of drug-likeness (QED) is 0.733. The fraction of sp³-hybridized carbons (Fsp3) is 0.600. The molecule has 20 heavy (non-hydrogen) atoms. The highest BCUT2D eigenvalue weighted by Gasteiger charge is 2.12. The van der Waals surface area contributed by atoms with Crippen LogP contribution in [0.2, 0.25) is 0 Å². The molecule has 0 saturated carbocycles. The highest BCUT2D eigenvalue weighted by molar-refractivity contribution is 7.13. The van der Waals surface area contributed by atoms with Gasteiger partial charge in [-0.3, -0.25) is 9.59 Å². The minimum atomic E-state index is -0.746. The van der Waals surface area contributed by atoms with Crippen molar-refractivity contribution in [3.05, 3.63) is 21.9 Å². The molecule has 1 amide bonds. The number of aryl methyl sites for hydroxylation is 1. The van der Waals surface area contributed by atoms with Crippen LogP contribution in [0.4, 0.5) is 0 Å². The largest absolute Gasteiger partial charge is 0.481 e. The van der Waals surface area contributed by atoms with Crippen molar-refractivity contribution >= 4 is 23.2 Å². The molecule has 1 unspecified atom stereocenters. The average Bonchev–Trinajstić information content (AvgIpc) is 2.82. The second-order valence-corrected chi connectivity index (χ2v) is 6.33. The third-order valence-corrected chi connectivity index (χ3v) is 4.27. The lowest BCUT2D eigenvalue weighted by Crippen LogP contribution is -2.25. The van der Waals surface area contributed by atoms with E-state index in [4.69, 9.17) is 5.11 Å². The maximum absolute atomic E-state index is 11.9. The molecule has 5 heteroatoms. The van der Waals surface area contributed by atoms with E-state index in [0.717, 1.165) is 29.0 Å². The van der Waals surface area contributed by atoms with E-state index in [-0.39, 0.29) is 12.3 Å². The van der Waals surface area contributed by atoms with Gasteiger partial charge in [0.25, 0.3) is 5.91 Å². The third kappa shape index (κ3) is 6.19. The molecular formula is C15H23NO3S. The summed E-state index contributed by atoms with van der Waals surface area (Å²) in [6.45, 7) is 4.69. The molecule has 1 aromatic heterocycles. The number of amides is 1. The first-order valence-electron chi connectivity index (χ1n) is 7.09. The van der Waals surface area contributed by atoms with Gasteiger partial charge in [0.05, 0.1) is 4.88 Å². The predicted octanol–water partition coefficient (Wildman–Crippen LogP) is 3.46. The first kappa shape index (κ1) is 16.7. The van der Waals surface area contributed by atoms with Gasteiger partial charge in [-0.05, 0) is 37.8 Å². The molecule has 0 fully saturated rings. The van der Waals surface area contributed by atoms with Crippen LogP contribution in [0.5, 0.6) is 0 Å². The maximum atomic E-state index is 11.9. The van der Waals surface area contributed by atoms with Crippen LogP contribution < -0.4 is 5.32 Å². The van der Waals surface area contributed by atoms with E-state index in [1.807, 2.05) is 19.1 Å². The minimum absolute atomic E-state index is 0.0309. The summed E-state index contributed by atoms with van der Waals surface area (Å²) in [5.41, 5.74) is 0. The van der Waals surface area contributed by atoms with E-state index >= 15 is 0 Å². The summed E-state index contributed by atoms with van der Waals surface area (Å²) in [6, 6.07) is 3.77. The normalized spacial score (nSPS) is 12.1. The number of carboxylic acid groups (broad SMARTS) is 1. The number of hydrogen-bond donors (Lipinski definition) is 2. The van der Waals surface area contributed by atoms with Crippen LogP contribution in [0.15, 0.2) is 12.1 Å². The number of carboxylic acids is 1. The van der Waals surface area contributed by atoms with Gasteiger partial charge in [0, 0.05) is 17.8 Å². The Morgan fingerprint density at radius 1 is 1.30 bits per heavy atom. The first-order valence-corrected chi connectivity index (χ1v) is 7.91. The van der Waals surface area contributed by atoms with Gasteiger partial charge in [0.2, 0.25) is 0 Å². The molecule has 0 radical (unpaired) electrons. The maximum Gasteiger partial charge on any atom is 0.303 e. The van der Waals surface area contributed by atoms with Crippen molar-refractivity contribution < 1.29 is 14.7 Å². The minimum Gasteiger partial charge on any atom is -0.481 e. The van der Waals surface area contributed by atoms with Crippen molar-refractivity contribution in [2.75, 3.05) is 6.54 Å². The Morgan fingerprint density at radius 3 is 2.60 bits per heavy atom. The van der Waals surface area contributed by atoms with E-state index in [9.17, 15) is 9.59 Å². The number of thiophene rings is 1. The Labute approximate surface area is 124 Å². The molecule has 0 saturated heterocycles. The fourth-order valence-corrected chi connectivity index (χ4v) is 2.99. The van der Waals surface area contributed by atoms with E-state index < -0.39 is 5.97 Å². The van der Waals surface area contributed by atoms with Crippen LogP contribution in [0.1, 0.15) is 53.6 Å². The topological polar surface area (TPSA) is 66.4 Å². The van der Waals surface area contributed by atoms with Crippen LogP contribution in [-0.2, 0) is 4.79 Å². The number of nitrogens with one attached hydrogen (secondary N) is 1. The zero-order chi connectivity index (χ0) is 15.0. The lowest BCUT2D eigenvalue weighted by molar-refractivity contribution is -0.137. The Balaban J connectivity index is 2.32. The molecule has 0 aliphatic carbocycles. The smallest absolute Gasteiger partial charge is 0.303 e. The van der Waals surface area contributed by atoms with Crippen LogP contribution in [0, 0.1) is 12.8 Å². The second-order valence-electron chi connectivity index (χ2n) is 5.04. The molecule has 0 aromatic carbocycles. The molecule has 1 rings (SSSR count). The molecule has 112 valence electrons. The first-order chi connectivity index (χ1) is 9.52. The van der Waals surface area contributed by atoms with Crippen molar-refractivity contribution in [1.29, 1.82) is 0 Å². The standard InChI is InChI=1S/C15H23NO3S/c1-3-4-12(6-8-14(17)18)9-10-16-15(19)13-7-5-11(2)20-13/h5,7,12H,3-4,6,8-10H2,1-2H3,(H,16,19)(H,17,18). The number of carbonyl (C=O) groups excluding carboxylic acids is 1. The highest BCUT2D eigenvalue weighted by Crippen LogP contribution is 2.18. The monoisotopic (exact) mass is 297 g/mol. The molecule has 4 nitrogen and oxygen atoms in total.